The number of likely N-dealkylation sites (tertiary alicyclic amines) is 1. The predicted molar refractivity (Wildman–Crippen MR) is 234 cm³/mol. The summed E-state index contributed by atoms with van der Waals surface area (Å²) in [5.41, 5.74) is 1.13. The minimum absolute atomic E-state index is 0.00994. The highest BCUT2D eigenvalue weighted by molar-refractivity contribution is 6.34. The lowest BCUT2D eigenvalue weighted by Crippen LogP contribution is -2.53. The predicted octanol–water partition coefficient (Wildman–Crippen LogP) is 6.20. The molecule has 64 heavy (non-hydrogen) atoms. The third kappa shape index (κ3) is 9.91. The number of nitrogens with one attached hydrogen (secondary N) is 2. The molecular weight excluding hydrogens is 850 g/mol. The molecule has 16 nitrogen and oxygen atoms in total. The van der Waals surface area contributed by atoms with Crippen LogP contribution in [0.2, 0.25) is 5.02 Å². The van der Waals surface area contributed by atoms with E-state index in [1.807, 2.05) is 20.8 Å². The van der Waals surface area contributed by atoms with Gasteiger partial charge in [-0.15, -0.1) is 0 Å². The molecule has 7 rings (SSSR count). The molecule has 0 unspecified atom stereocenters. The van der Waals surface area contributed by atoms with E-state index in [4.69, 9.17) is 16.3 Å². The fourth-order valence-electron chi connectivity index (χ4n) is 7.77. The number of hydrogen-bond acceptors (Lipinski definition) is 9. The van der Waals surface area contributed by atoms with E-state index in [9.17, 15) is 24.0 Å². The zero-order chi connectivity index (χ0) is 45.9. The SMILES string of the molecule is Cc1c(-c2ccc(-c3cnc(C(=O)Nc4ccc(C(=O)N5CCN(C(=O)C6CCN(C(=O)OC(C)(C)C)CC6)CC5)c(Cl)c4)n3C)c(F)c2F)cnn1CCNC(=O)c1ccccn1. The summed E-state index contributed by atoms with van der Waals surface area (Å²) in [6.45, 7) is 9.89. The lowest BCUT2D eigenvalue weighted by Gasteiger charge is -2.38. The Kier molecular flexibility index (Phi) is 13.4. The van der Waals surface area contributed by atoms with Crippen LogP contribution in [0.15, 0.2) is 67.1 Å². The number of pyridine rings is 1. The molecule has 0 spiro atoms. The van der Waals surface area contributed by atoms with E-state index >= 15 is 8.78 Å². The number of piperazine rings is 1. The molecule has 2 aliphatic heterocycles. The van der Waals surface area contributed by atoms with Gasteiger partial charge in [-0.2, -0.15) is 5.10 Å². The molecule has 0 saturated carbocycles. The van der Waals surface area contributed by atoms with Crippen molar-refractivity contribution < 1.29 is 37.5 Å². The van der Waals surface area contributed by atoms with Crippen LogP contribution in [0, 0.1) is 24.5 Å². The van der Waals surface area contributed by atoms with Crippen molar-refractivity contribution >= 4 is 47.0 Å². The molecular formula is C45H49ClF2N10O6. The number of piperidine rings is 1. The summed E-state index contributed by atoms with van der Waals surface area (Å²) in [6.07, 6.45) is 4.93. The Morgan fingerprint density at radius 3 is 2.19 bits per heavy atom. The number of carbonyl (C=O) groups is 5. The minimum atomic E-state index is -1.14. The van der Waals surface area contributed by atoms with Crippen LogP contribution in [-0.4, -0.2) is 120 Å². The number of hydrogen-bond donors (Lipinski definition) is 2. The highest BCUT2D eigenvalue weighted by Gasteiger charge is 2.34. The Balaban J connectivity index is 0.925. The first-order valence-electron chi connectivity index (χ1n) is 20.9. The van der Waals surface area contributed by atoms with Crippen LogP contribution < -0.4 is 10.6 Å². The standard InChI is InChI=1S/C45H49ClF2N10O6/c1-27-33(25-52-58(27)19-16-50-40(59)35-8-6-7-15-49-35)30-11-12-32(38(48)37(30)47)36-26-51-39(54(36)5)41(60)53-29-9-10-31(34(46)24-29)43(62)56-22-20-55(21-23-56)42(61)28-13-17-57(18-14-28)44(63)64-45(2,3)4/h6-12,15,24-26,28H,13-14,16-23H2,1-5H3,(H,50,59)(H,53,60). The molecule has 0 aliphatic carbocycles. The first kappa shape index (κ1) is 45.3. The monoisotopic (exact) mass is 898 g/mol. The molecule has 5 aromatic rings. The van der Waals surface area contributed by atoms with Crippen LogP contribution in [0.1, 0.15) is 70.8 Å². The summed E-state index contributed by atoms with van der Waals surface area (Å²) in [5, 5.41) is 9.88. The summed E-state index contributed by atoms with van der Waals surface area (Å²) in [4.78, 5) is 78.3. The Morgan fingerprint density at radius 2 is 1.52 bits per heavy atom. The van der Waals surface area contributed by atoms with Crippen LogP contribution in [0.5, 0.6) is 0 Å². The molecule has 336 valence electrons. The van der Waals surface area contributed by atoms with Crippen LogP contribution >= 0.6 is 11.6 Å². The summed E-state index contributed by atoms with van der Waals surface area (Å²) in [6, 6.07) is 12.3. The molecule has 0 atom stereocenters. The molecule has 19 heteroatoms. The molecule has 2 N–H and O–H groups in total. The van der Waals surface area contributed by atoms with E-state index in [0.29, 0.717) is 63.4 Å². The van der Waals surface area contributed by atoms with Crippen molar-refractivity contribution in [3.05, 3.63) is 107 Å². The molecule has 2 aromatic carbocycles. The number of ether oxygens (including phenoxy) is 1. The maximum atomic E-state index is 15.8. The second kappa shape index (κ2) is 19.0. The third-order valence-electron chi connectivity index (χ3n) is 11.3. The third-order valence-corrected chi connectivity index (χ3v) is 11.6. The van der Waals surface area contributed by atoms with Gasteiger partial charge in [-0.3, -0.25) is 28.8 Å². The first-order chi connectivity index (χ1) is 30.5. The van der Waals surface area contributed by atoms with Gasteiger partial charge in [0.2, 0.25) is 5.91 Å². The van der Waals surface area contributed by atoms with Crippen molar-refractivity contribution in [2.24, 2.45) is 13.0 Å². The van der Waals surface area contributed by atoms with Gasteiger partial charge in [0.05, 0.1) is 35.2 Å². The Morgan fingerprint density at radius 1 is 0.828 bits per heavy atom. The summed E-state index contributed by atoms with van der Waals surface area (Å²) in [7, 11) is 1.50. The topological polar surface area (TPSA) is 177 Å². The maximum Gasteiger partial charge on any atom is 0.410 e. The highest BCUT2D eigenvalue weighted by Crippen LogP contribution is 2.33. The number of halogens is 3. The number of rotatable bonds is 10. The fraction of sp³-hybridized carbons (Fsp3) is 0.378. The number of amides is 5. The molecule has 5 amide bonds. The van der Waals surface area contributed by atoms with Gasteiger partial charge in [0.1, 0.15) is 11.3 Å². The zero-order valence-corrected chi connectivity index (χ0v) is 36.9. The Hall–Kier alpha value is -6.69. The van der Waals surface area contributed by atoms with E-state index < -0.39 is 23.1 Å². The number of anilines is 1. The largest absolute Gasteiger partial charge is 0.444 e. The van der Waals surface area contributed by atoms with E-state index in [2.05, 4.69) is 25.7 Å². The van der Waals surface area contributed by atoms with Gasteiger partial charge in [-0.05, 0) is 76.9 Å². The van der Waals surface area contributed by atoms with E-state index in [-0.39, 0.29) is 87.4 Å². The lowest BCUT2D eigenvalue weighted by molar-refractivity contribution is -0.138. The van der Waals surface area contributed by atoms with Crippen LogP contribution in [-0.2, 0) is 23.1 Å². The molecule has 5 heterocycles. The minimum Gasteiger partial charge on any atom is -0.444 e. The van der Waals surface area contributed by atoms with Crippen molar-refractivity contribution in [1.82, 2.24) is 44.3 Å². The number of imidazole rings is 1. The summed E-state index contributed by atoms with van der Waals surface area (Å²) in [5.74, 6) is -3.86. The van der Waals surface area contributed by atoms with Crippen LogP contribution in [0.4, 0.5) is 19.3 Å². The molecule has 2 saturated heterocycles. The van der Waals surface area contributed by atoms with Crippen LogP contribution in [0.25, 0.3) is 22.4 Å². The second-order valence-electron chi connectivity index (χ2n) is 16.7. The summed E-state index contributed by atoms with van der Waals surface area (Å²) < 4.78 is 39.9. The number of carbonyl (C=O) groups excluding carboxylic acids is 5. The zero-order valence-electron chi connectivity index (χ0n) is 36.2. The van der Waals surface area contributed by atoms with Gasteiger partial charge in [0.15, 0.2) is 17.5 Å². The maximum absolute atomic E-state index is 15.8. The van der Waals surface area contributed by atoms with Crippen LogP contribution in [0.3, 0.4) is 0 Å². The van der Waals surface area contributed by atoms with E-state index in [0.717, 1.165) is 0 Å². The first-order valence-corrected chi connectivity index (χ1v) is 21.3. The lowest BCUT2D eigenvalue weighted by atomic mass is 9.95. The van der Waals surface area contributed by atoms with E-state index in [1.165, 1.54) is 60.5 Å². The van der Waals surface area contributed by atoms with E-state index in [1.54, 1.807) is 44.5 Å². The quantitative estimate of drug-likeness (QED) is 0.165. The molecule has 2 aliphatic rings. The Bertz CT molecular complexity index is 2580. The summed E-state index contributed by atoms with van der Waals surface area (Å²) >= 11 is 6.57. The van der Waals surface area contributed by atoms with Gasteiger partial charge in [-0.25, -0.2) is 18.6 Å². The van der Waals surface area contributed by atoms with Gasteiger partial charge < -0.3 is 34.6 Å². The number of benzene rings is 2. The normalized spacial score (nSPS) is 14.7. The molecule has 2 fully saturated rings. The number of aromatic nitrogens is 5. The van der Waals surface area contributed by atoms with Gasteiger partial charge in [0.25, 0.3) is 17.7 Å². The van der Waals surface area contributed by atoms with Gasteiger partial charge in [-0.1, -0.05) is 23.7 Å². The van der Waals surface area contributed by atoms with Crippen molar-refractivity contribution in [2.75, 3.05) is 51.1 Å². The average molecular weight is 899 g/mol. The van der Waals surface area contributed by atoms with Gasteiger partial charge in [0, 0.05) is 93.0 Å². The smallest absolute Gasteiger partial charge is 0.410 e. The molecule has 3 aromatic heterocycles. The fourth-order valence-corrected chi connectivity index (χ4v) is 8.03. The van der Waals surface area contributed by atoms with Gasteiger partial charge >= 0.3 is 6.09 Å². The van der Waals surface area contributed by atoms with Crippen molar-refractivity contribution in [1.29, 1.82) is 0 Å². The Labute approximate surface area is 373 Å². The average Bonchev–Trinajstić information content (AvgIpc) is 3.84. The molecule has 0 bridgehead atoms. The van der Waals surface area contributed by atoms with Crippen molar-refractivity contribution in [2.45, 2.75) is 52.7 Å². The molecule has 0 radical (unpaired) electrons. The van der Waals surface area contributed by atoms with Crippen molar-refractivity contribution in [3.8, 4) is 22.4 Å². The second-order valence-corrected chi connectivity index (χ2v) is 17.1. The number of nitrogens with zero attached hydrogens (tertiary/aromatic N) is 8. The highest BCUT2D eigenvalue weighted by atomic mass is 35.5. The van der Waals surface area contributed by atoms with Crippen molar-refractivity contribution in [3.63, 3.8) is 0 Å².